The maximum Gasteiger partial charge on any atom is 0.325 e. The maximum atomic E-state index is 10.9. The molecule has 76 valence electrons. The lowest BCUT2D eigenvalue weighted by atomic mass is 10.1. The van der Waals surface area contributed by atoms with Gasteiger partial charge in [0.2, 0.25) is 0 Å². The molecule has 0 aliphatic heterocycles. The van der Waals surface area contributed by atoms with E-state index in [-0.39, 0.29) is 0 Å². The molecule has 0 saturated heterocycles. The molecule has 0 spiro atoms. The molecule has 1 atom stereocenters. The number of aromatic nitrogens is 1. The predicted octanol–water partition coefficient (Wildman–Crippen LogP) is 1.58. The summed E-state index contributed by atoms with van der Waals surface area (Å²) in [6.45, 7) is 2.46. The Hall–Kier alpha value is -0.940. The highest BCUT2D eigenvalue weighted by molar-refractivity contribution is 9.10. The van der Waals surface area contributed by atoms with Crippen LogP contribution in [0.2, 0.25) is 0 Å². The van der Waals surface area contributed by atoms with E-state index in [9.17, 15) is 4.79 Å². The van der Waals surface area contributed by atoms with Crippen molar-refractivity contribution >= 4 is 21.9 Å². The van der Waals surface area contributed by atoms with Gasteiger partial charge >= 0.3 is 5.97 Å². The van der Waals surface area contributed by atoms with Crippen LogP contribution in [-0.2, 0) is 4.79 Å². The summed E-state index contributed by atoms with van der Waals surface area (Å²) < 4.78 is 0.777. The van der Waals surface area contributed by atoms with Gasteiger partial charge in [0.25, 0.3) is 0 Å². The second-order valence-electron chi connectivity index (χ2n) is 2.77. The third kappa shape index (κ3) is 2.78. The molecule has 0 aliphatic carbocycles. The number of pyridine rings is 1. The predicted molar refractivity (Wildman–Crippen MR) is 56.0 cm³/mol. The number of likely N-dealkylation sites (N-methyl/N-ethyl adjacent to an activating group) is 1. The number of carbonyl (C=O) groups is 1. The normalized spacial score (nSPS) is 12.4. The second kappa shape index (κ2) is 5.07. The molecule has 14 heavy (non-hydrogen) atoms. The fourth-order valence-corrected chi connectivity index (χ4v) is 1.52. The first kappa shape index (κ1) is 11.1. The number of halogens is 1. The Morgan fingerprint density at radius 1 is 1.71 bits per heavy atom. The standard InChI is InChI=1S/C9H11BrN2O2/c1-2-12-8(9(13)14)6-3-7(10)5-11-4-6/h3-5,8,12H,2H2,1H3,(H,13,14). The quantitative estimate of drug-likeness (QED) is 0.861. The summed E-state index contributed by atoms with van der Waals surface area (Å²) in [5.74, 6) is -0.897. The van der Waals surface area contributed by atoms with E-state index in [0.717, 1.165) is 4.47 Å². The van der Waals surface area contributed by atoms with Gasteiger partial charge in [-0.2, -0.15) is 0 Å². The van der Waals surface area contributed by atoms with E-state index in [1.165, 1.54) is 0 Å². The lowest BCUT2D eigenvalue weighted by molar-refractivity contribution is -0.139. The summed E-state index contributed by atoms with van der Waals surface area (Å²) in [5, 5.41) is 11.8. The van der Waals surface area contributed by atoms with E-state index in [4.69, 9.17) is 5.11 Å². The monoisotopic (exact) mass is 258 g/mol. The van der Waals surface area contributed by atoms with Crippen LogP contribution in [0.3, 0.4) is 0 Å². The summed E-state index contributed by atoms with van der Waals surface area (Å²) in [4.78, 5) is 14.8. The van der Waals surface area contributed by atoms with Crippen molar-refractivity contribution in [2.24, 2.45) is 0 Å². The number of aliphatic carboxylic acids is 1. The van der Waals surface area contributed by atoms with E-state index >= 15 is 0 Å². The van der Waals surface area contributed by atoms with Crippen LogP contribution in [0.4, 0.5) is 0 Å². The van der Waals surface area contributed by atoms with Gasteiger partial charge < -0.3 is 10.4 Å². The van der Waals surface area contributed by atoms with E-state index in [1.54, 1.807) is 18.5 Å². The molecule has 0 bridgehead atoms. The molecule has 1 aromatic rings. The zero-order valence-corrected chi connectivity index (χ0v) is 9.28. The van der Waals surface area contributed by atoms with Crippen molar-refractivity contribution in [3.05, 3.63) is 28.5 Å². The van der Waals surface area contributed by atoms with Crippen LogP contribution in [0, 0.1) is 0 Å². The number of nitrogens with zero attached hydrogens (tertiary/aromatic N) is 1. The minimum absolute atomic E-state index is 0.601. The van der Waals surface area contributed by atoms with Crippen molar-refractivity contribution in [3.8, 4) is 0 Å². The topological polar surface area (TPSA) is 62.2 Å². The average molecular weight is 259 g/mol. The van der Waals surface area contributed by atoms with E-state index in [1.807, 2.05) is 6.92 Å². The molecule has 1 heterocycles. The van der Waals surface area contributed by atoms with Crippen LogP contribution >= 0.6 is 15.9 Å². The number of hydrogen-bond acceptors (Lipinski definition) is 3. The molecular weight excluding hydrogens is 248 g/mol. The molecule has 0 amide bonds. The molecule has 0 fully saturated rings. The minimum Gasteiger partial charge on any atom is -0.480 e. The molecule has 5 heteroatoms. The summed E-state index contributed by atoms with van der Waals surface area (Å²) in [6, 6.07) is 1.05. The van der Waals surface area contributed by atoms with Gasteiger partial charge in [-0.05, 0) is 34.1 Å². The third-order valence-electron chi connectivity index (χ3n) is 1.71. The molecule has 0 radical (unpaired) electrons. The zero-order valence-electron chi connectivity index (χ0n) is 7.70. The Kier molecular flexibility index (Phi) is 4.03. The first-order chi connectivity index (χ1) is 6.65. The third-order valence-corrected chi connectivity index (χ3v) is 2.15. The Bertz CT molecular complexity index is 330. The minimum atomic E-state index is -0.897. The molecule has 2 N–H and O–H groups in total. The highest BCUT2D eigenvalue weighted by Crippen LogP contribution is 2.16. The van der Waals surface area contributed by atoms with Crippen LogP contribution in [0.15, 0.2) is 22.9 Å². The summed E-state index contributed by atoms with van der Waals surface area (Å²) in [6.07, 6.45) is 3.17. The van der Waals surface area contributed by atoms with E-state index < -0.39 is 12.0 Å². The zero-order chi connectivity index (χ0) is 10.6. The first-order valence-corrected chi connectivity index (χ1v) is 5.01. The van der Waals surface area contributed by atoms with Crippen LogP contribution in [0.5, 0.6) is 0 Å². The lowest BCUT2D eigenvalue weighted by Crippen LogP contribution is -2.28. The van der Waals surface area contributed by atoms with E-state index in [2.05, 4.69) is 26.2 Å². The van der Waals surface area contributed by atoms with E-state index in [0.29, 0.717) is 12.1 Å². The summed E-state index contributed by atoms with van der Waals surface area (Å²) >= 11 is 3.25. The van der Waals surface area contributed by atoms with Gasteiger partial charge in [0.15, 0.2) is 0 Å². The van der Waals surface area contributed by atoms with Gasteiger partial charge in [-0.25, -0.2) is 0 Å². The fourth-order valence-electron chi connectivity index (χ4n) is 1.14. The number of hydrogen-bond donors (Lipinski definition) is 2. The highest BCUT2D eigenvalue weighted by atomic mass is 79.9. The number of carboxylic acid groups (broad SMARTS) is 1. The Balaban J connectivity index is 2.93. The van der Waals surface area contributed by atoms with Crippen LogP contribution < -0.4 is 5.32 Å². The van der Waals surface area contributed by atoms with Crippen molar-refractivity contribution in [3.63, 3.8) is 0 Å². The lowest BCUT2D eigenvalue weighted by Gasteiger charge is -2.12. The van der Waals surface area contributed by atoms with Gasteiger partial charge in [0, 0.05) is 16.9 Å². The molecule has 0 aliphatic rings. The largest absolute Gasteiger partial charge is 0.480 e. The van der Waals surface area contributed by atoms with Crippen molar-refractivity contribution in [1.82, 2.24) is 10.3 Å². The van der Waals surface area contributed by atoms with Crippen molar-refractivity contribution in [1.29, 1.82) is 0 Å². The summed E-state index contributed by atoms with van der Waals surface area (Å²) in [7, 11) is 0. The highest BCUT2D eigenvalue weighted by Gasteiger charge is 2.18. The molecule has 1 aromatic heterocycles. The molecule has 0 aromatic carbocycles. The molecule has 1 unspecified atom stereocenters. The van der Waals surface area contributed by atoms with Gasteiger partial charge in [0.05, 0.1) is 0 Å². The van der Waals surface area contributed by atoms with Crippen LogP contribution in [0.1, 0.15) is 18.5 Å². The van der Waals surface area contributed by atoms with Gasteiger partial charge in [-0.15, -0.1) is 0 Å². The fraction of sp³-hybridized carbons (Fsp3) is 0.333. The van der Waals surface area contributed by atoms with Gasteiger partial charge in [0.1, 0.15) is 6.04 Å². The molecule has 4 nitrogen and oxygen atoms in total. The van der Waals surface area contributed by atoms with Crippen molar-refractivity contribution in [2.45, 2.75) is 13.0 Å². The Labute approximate surface area is 90.5 Å². The number of carboxylic acids is 1. The molecule has 1 rings (SSSR count). The average Bonchev–Trinajstić information content (AvgIpc) is 2.13. The van der Waals surface area contributed by atoms with Crippen molar-refractivity contribution in [2.75, 3.05) is 6.54 Å². The molecular formula is C9H11BrN2O2. The number of rotatable bonds is 4. The first-order valence-electron chi connectivity index (χ1n) is 4.21. The second-order valence-corrected chi connectivity index (χ2v) is 3.68. The van der Waals surface area contributed by atoms with Gasteiger partial charge in [-0.3, -0.25) is 9.78 Å². The van der Waals surface area contributed by atoms with Crippen molar-refractivity contribution < 1.29 is 9.90 Å². The Morgan fingerprint density at radius 3 is 2.93 bits per heavy atom. The van der Waals surface area contributed by atoms with Crippen LogP contribution in [-0.4, -0.2) is 22.6 Å². The maximum absolute atomic E-state index is 10.9. The smallest absolute Gasteiger partial charge is 0.325 e. The Morgan fingerprint density at radius 2 is 2.43 bits per heavy atom. The SMILES string of the molecule is CCNC(C(=O)O)c1cncc(Br)c1. The summed E-state index contributed by atoms with van der Waals surface area (Å²) in [5.41, 5.74) is 0.647. The number of nitrogens with one attached hydrogen (secondary N) is 1. The molecule has 0 saturated carbocycles. The van der Waals surface area contributed by atoms with Gasteiger partial charge in [-0.1, -0.05) is 6.92 Å². The van der Waals surface area contributed by atoms with Crippen LogP contribution in [0.25, 0.3) is 0 Å².